The van der Waals surface area contributed by atoms with Gasteiger partial charge < -0.3 is 9.84 Å². The number of aryl methyl sites for hydroxylation is 1. The second-order valence-corrected chi connectivity index (χ2v) is 5.10. The molecule has 0 saturated carbocycles. The molecule has 0 bridgehead atoms. The number of rotatable bonds is 5. The first-order valence-electron chi connectivity index (χ1n) is 7.05. The fraction of sp³-hybridized carbons (Fsp3) is 0.188. The number of halogens is 2. The standard InChI is InChI=1S/C16H13F2N3O3/c1-9-14-12(10-3-2-4-11(7-10)24-16(17)18)5-6-19-15(14)21(20-9)8-13(22)23/h2-7,16H,8H2,1H3,(H,22,23). The Morgan fingerprint density at radius 1 is 1.38 bits per heavy atom. The van der Waals surface area contributed by atoms with Gasteiger partial charge in [-0.15, -0.1) is 0 Å². The van der Waals surface area contributed by atoms with Gasteiger partial charge >= 0.3 is 12.6 Å². The Hall–Kier alpha value is -3.03. The number of nitrogens with zero attached hydrogens (tertiary/aromatic N) is 3. The van der Waals surface area contributed by atoms with Crippen LogP contribution in [0.1, 0.15) is 5.69 Å². The van der Waals surface area contributed by atoms with Crippen molar-refractivity contribution in [2.75, 3.05) is 0 Å². The predicted octanol–water partition coefficient (Wildman–Crippen LogP) is 3.09. The minimum absolute atomic E-state index is 0.0445. The van der Waals surface area contributed by atoms with E-state index in [4.69, 9.17) is 5.11 Å². The highest BCUT2D eigenvalue weighted by Crippen LogP contribution is 2.32. The maximum atomic E-state index is 12.4. The number of aliphatic carboxylic acids is 1. The first-order valence-corrected chi connectivity index (χ1v) is 7.05. The van der Waals surface area contributed by atoms with Crippen molar-refractivity contribution < 1.29 is 23.4 Å². The Bertz CT molecular complexity index is 909. The van der Waals surface area contributed by atoms with Gasteiger partial charge in [-0.25, -0.2) is 9.67 Å². The molecule has 1 aromatic carbocycles. The number of fused-ring (bicyclic) bond motifs is 1. The molecule has 0 spiro atoms. The number of hydrogen-bond acceptors (Lipinski definition) is 4. The molecule has 0 atom stereocenters. The molecule has 0 radical (unpaired) electrons. The van der Waals surface area contributed by atoms with Gasteiger partial charge in [0.2, 0.25) is 0 Å². The highest BCUT2D eigenvalue weighted by atomic mass is 19.3. The smallest absolute Gasteiger partial charge is 0.387 e. The van der Waals surface area contributed by atoms with E-state index in [9.17, 15) is 13.6 Å². The van der Waals surface area contributed by atoms with Crippen LogP contribution in [0, 0.1) is 6.92 Å². The van der Waals surface area contributed by atoms with Crippen molar-refractivity contribution in [3.05, 3.63) is 42.2 Å². The summed E-state index contributed by atoms with van der Waals surface area (Å²) in [6, 6.07) is 8.02. The number of ether oxygens (including phenoxy) is 1. The van der Waals surface area contributed by atoms with Crippen LogP contribution in [0.25, 0.3) is 22.2 Å². The molecule has 3 rings (SSSR count). The van der Waals surface area contributed by atoms with Crippen LogP contribution in [0.3, 0.4) is 0 Å². The first kappa shape index (κ1) is 15.9. The first-order chi connectivity index (χ1) is 11.5. The second-order valence-electron chi connectivity index (χ2n) is 5.10. The van der Waals surface area contributed by atoms with Gasteiger partial charge in [-0.2, -0.15) is 13.9 Å². The average molecular weight is 333 g/mol. The summed E-state index contributed by atoms with van der Waals surface area (Å²) in [6.07, 6.45) is 1.53. The molecule has 0 aliphatic carbocycles. The lowest BCUT2D eigenvalue weighted by molar-refractivity contribution is -0.137. The van der Waals surface area contributed by atoms with E-state index in [0.29, 0.717) is 27.9 Å². The third kappa shape index (κ3) is 3.03. The molecule has 6 nitrogen and oxygen atoms in total. The molecular formula is C16H13F2N3O3. The van der Waals surface area contributed by atoms with Crippen molar-refractivity contribution in [3.63, 3.8) is 0 Å². The minimum Gasteiger partial charge on any atom is -0.480 e. The quantitative estimate of drug-likeness (QED) is 0.776. The summed E-state index contributed by atoms with van der Waals surface area (Å²) in [7, 11) is 0. The zero-order chi connectivity index (χ0) is 17.3. The molecule has 0 amide bonds. The van der Waals surface area contributed by atoms with Gasteiger partial charge in [0.25, 0.3) is 0 Å². The Kier molecular flexibility index (Phi) is 4.11. The Balaban J connectivity index is 2.13. The molecule has 8 heteroatoms. The van der Waals surface area contributed by atoms with Crippen LogP contribution in [-0.2, 0) is 11.3 Å². The van der Waals surface area contributed by atoms with Crippen LogP contribution in [0.4, 0.5) is 8.78 Å². The SMILES string of the molecule is Cc1nn(CC(=O)O)c2nccc(-c3cccc(OC(F)F)c3)c12. The second kappa shape index (κ2) is 6.23. The topological polar surface area (TPSA) is 77.2 Å². The van der Waals surface area contributed by atoms with Gasteiger partial charge in [0, 0.05) is 11.6 Å². The molecule has 124 valence electrons. The maximum absolute atomic E-state index is 12.4. The van der Waals surface area contributed by atoms with E-state index in [2.05, 4.69) is 14.8 Å². The van der Waals surface area contributed by atoms with Crippen LogP contribution in [0.15, 0.2) is 36.5 Å². The van der Waals surface area contributed by atoms with Crippen LogP contribution in [-0.4, -0.2) is 32.5 Å². The van der Waals surface area contributed by atoms with Crippen molar-refractivity contribution in [2.24, 2.45) is 0 Å². The number of carboxylic acid groups (broad SMARTS) is 1. The van der Waals surface area contributed by atoms with Crippen LogP contribution in [0.5, 0.6) is 5.75 Å². The van der Waals surface area contributed by atoms with Gasteiger partial charge in [0.05, 0.1) is 5.69 Å². The number of alkyl halides is 2. The van der Waals surface area contributed by atoms with Crippen LogP contribution >= 0.6 is 0 Å². The van der Waals surface area contributed by atoms with Crippen molar-refractivity contribution in [3.8, 4) is 16.9 Å². The maximum Gasteiger partial charge on any atom is 0.387 e. The predicted molar refractivity (Wildman–Crippen MR) is 82.0 cm³/mol. The van der Waals surface area contributed by atoms with E-state index < -0.39 is 12.6 Å². The minimum atomic E-state index is -2.90. The largest absolute Gasteiger partial charge is 0.480 e. The molecule has 2 heterocycles. The molecule has 0 saturated heterocycles. The summed E-state index contributed by atoms with van der Waals surface area (Å²) < 4.78 is 30.5. The summed E-state index contributed by atoms with van der Waals surface area (Å²) >= 11 is 0. The van der Waals surface area contributed by atoms with Crippen molar-refractivity contribution >= 4 is 17.0 Å². The van der Waals surface area contributed by atoms with E-state index in [1.807, 2.05) is 0 Å². The normalized spacial score (nSPS) is 11.2. The Morgan fingerprint density at radius 2 is 2.17 bits per heavy atom. The number of pyridine rings is 1. The van der Waals surface area contributed by atoms with E-state index in [-0.39, 0.29) is 12.3 Å². The summed E-state index contributed by atoms with van der Waals surface area (Å²) in [5.74, 6) is -0.984. The van der Waals surface area contributed by atoms with Crippen molar-refractivity contribution in [2.45, 2.75) is 20.1 Å². The summed E-state index contributed by atoms with van der Waals surface area (Å²) in [5, 5.41) is 13.8. The number of carbonyl (C=O) groups is 1. The van der Waals surface area contributed by atoms with E-state index in [0.717, 1.165) is 0 Å². The van der Waals surface area contributed by atoms with Gasteiger partial charge in [-0.3, -0.25) is 4.79 Å². The summed E-state index contributed by atoms with van der Waals surface area (Å²) in [5.41, 5.74) is 2.40. The summed E-state index contributed by atoms with van der Waals surface area (Å²) in [6.45, 7) is -1.47. The van der Waals surface area contributed by atoms with E-state index >= 15 is 0 Å². The Labute approximate surface area is 135 Å². The molecule has 0 fully saturated rings. The molecule has 0 aliphatic heterocycles. The zero-order valence-electron chi connectivity index (χ0n) is 12.6. The fourth-order valence-electron chi connectivity index (χ4n) is 2.60. The van der Waals surface area contributed by atoms with Crippen molar-refractivity contribution in [1.29, 1.82) is 0 Å². The molecule has 0 unspecified atom stereocenters. The third-order valence-corrected chi connectivity index (χ3v) is 3.46. The van der Waals surface area contributed by atoms with Crippen LogP contribution in [0.2, 0.25) is 0 Å². The lowest BCUT2D eigenvalue weighted by Gasteiger charge is -2.08. The number of aromatic nitrogens is 3. The van der Waals surface area contributed by atoms with Gasteiger partial charge in [-0.05, 0) is 36.2 Å². The lowest BCUT2D eigenvalue weighted by Crippen LogP contribution is -2.10. The summed E-state index contributed by atoms with van der Waals surface area (Å²) in [4.78, 5) is 15.1. The molecule has 0 aliphatic rings. The van der Waals surface area contributed by atoms with Gasteiger partial charge in [0.1, 0.15) is 12.3 Å². The van der Waals surface area contributed by atoms with Gasteiger partial charge in [-0.1, -0.05) is 12.1 Å². The monoisotopic (exact) mass is 333 g/mol. The zero-order valence-corrected chi connectivity index (χ0v) is 12.6. The van der Waals surface area contributed by atoms with E-state index in [1.54, 1.807) is 25.1 Å². The molecule has 2 aromatic heterocycles. The highest BCUT2D eigenvalue weighted by Gasteiger charge is 2.16. The molecule has 24 heavy (non-hydrogen) atoms. The highest BCUT2D eigenvalue weighted by molar-refractivity contribution is 5.95. The van der Waals surface area contributed by atoms with Crippen LogP contribution < -0.4 is 4.74 Å². The fourth-order valence-corrected chi connectivity index (χ4v) is 2.60. The van der Waals surface area contributed by atoms with Crippen molar-refractivity contribution in [1.82, 2.24) is 14.8 Å². The average Bonchev–Trinajstić information content (AvgIpc) is 2.83. The number of carboxylic acids is 1. The molecule has 3 aromatic rings. The van der Waals surface area contributed by atoms with E-state index in [1.165, 1.54) is 23.0 Å². The Morgan fingerprint density at radius 3 is 2.88 bits per heavy atom. The molecule has 1 N–H and O–H groups in total. The molecular weight excluding hydrogens is 320 g/mol. The number of hydrogen-bond donors (Lipinski definition) is 1. The third-order valence-electron chi connectivity index (χ3n) is 3.46. The number of benzene rings is 1. The lowest BCUT2D eigenvalue weighted by atomic mass is 10.0. The van der Waals surface area contributed by atoms with Gasteiger partial charge in [0.15, 0.2) is 5.65 Å².